The molecule has 2 N–H and O–H groups in total. The van der Waals surface area contributed by atoms with Crippen molar-refractivity contribution >= 4 is 12.6 Å². The molecule has 0 aromatic carbocycles. The molecule has 1 aliphatic carbocycles. The number of nitriles is 1. The summed E-state index contributed by atoms with van der Waals surface area (Å²) < 4.78 is 0. The molecule has 1 aromatic rings. The average molecular weight is 188 g/mol. The van der Waals surface area contributed by atoms with Crippen LogP contribution in [-0.2, 0) is 0 Å². The Morgan fingerprint density at radius 3 is 2.71 bits per heavy atom. The molecule has 0 bridgehead atoms. The zero-order valence-electron chi connectivity index (χ0n) is 7.51. The molecule has 4 nitrogen and oxygen atoms in total. The van der Waals surface area contributed by atoms with E-state index >= 15 is 0 Å². The first-order chi connectivity index (χ1) is 6.72. The van der Waals surface area contributed by atoms with Crippen molar-refractivity contribution in [3.8, 4) is 6.07 Å². The molecule has 14 heavy (non-hydrogen) atoms. The number of rotatable bonds is 2. The third kappa shape index (κ3) is 1.62. The van der Waals surface area contributed by atoms with Gasteiger partial charge in [-0.25, -0.2) is 0 Å². The third-order valence-electron chi connectivity index (χ3n) is 2.32. The Bertz CT molecular complexity index is 396. The highest BCUT2D eigenvalue weighted by molar-refractivity contribution is 6.59. The highest BCUT2D eigenvalue weighted by Gasteiger charge is 2.30. The van der Waals surface area contributed by atoms with E-state index in [2.05, 4.69) is 4.98 Å². The highest BCUT2D eigenvalue weighted by Crippen LogP contribution is 2.38. The standard InChI is InChI=1S/C9H9BN2O2/c11-4-6-3-8(10(13)14)9(12-5-6)7-1-2-7/h3,5,7,13-14H,1-2H2. The Labute approximate surface area is 82.0 Å². The van der Waals surface area contributed by atoms with Gasteiger partial charge in [0.05, 0.1) is 5.56 Å². The second kappa shape index (κ2) is 3.41. The lowest BCUT2D eigenvalue weighted by Gasteiger charge is -2.06. The SMILES string of the molecule is N#Cc1cnc(C2CC2)c(B(O)O)c1. The molecule has 0 radical (unpaired) electrons. The molecule has 2 rings (SSSR count). The predicted molar refractivity (Wildman–Crippen MR) is 50.8 cm³/mol. The molecule has 0 unspecified atom stereocenters. The number of pyridine rings is 1. The molecular formula is C9H9BN2O2. The fourth-order valence-corrected chi connectivity index (χ4v) is 1.46. The quantitative estimate of drug-likeness (QED) is 0.614. The van der Waals surface area contributed by atoms with Crippen molar-refractivity contribution in [1.82, 2.24) is 4.98 Å². The van der Waals surface area contributed by atoms with Crippen molar-refractivity contribution in [2.24, 2.45) is 0 Å². The van der Waals surface area contributed by atoms with E-state index in [0.717, 1.165) is 18.5 Å². The summed E-state index contributed by atoms with van der Waals surface area (Å²) in [6.07, 6.45) is 3.55. The van der Waals surface area contributed by atoms with Crippen molar-refractivity contribution in [1.29, 1.82) is 5.26 Å². The van der Waals surface area contributed by atoms with Gasteiger partial charge in [0, 0.05) is 23.3 Å². The topological polar surface area (TPSA) is 77.1 Å². The second-order valence-corrected chi connectivity index (χ2v) is 3.46. The monoisotopic (exact) mass is 188 g/mol. The summed E-state index contributed by atoms with van der Waals surface area (Å²) in [5, 5.41) is 26.9. The molecule has 0 saturated heterocycles. The Kier molecular flexibility index (Phi) is 2.24. The van der Waals surface area contributed by atoms with Crippen LogP contribution in [0.1, 0.15) is 30.0 Å². The fourth-order valence-electron chi connectivity index (χ4n) is 1.46. The summed E-state index contributed by atoms with van der Waals surface area (Å²) >= 11 is 0. The van der Waals surface area contributed by atoms with Crippen LogP contribution in [0, 0.1) is 11.3 Å². The van der Waals surface area contributed by atoms with Crippen LogP contribution in [0.15, 0.2) is 12.3 Å². The molecule has 0 atom stereocenters. The molecule has 1 saturated carbocycles. The molecule has 70 valence electrons. The van der Waals surface area contributed by atoms with Gasteiger partial charge >= 0.3 is 7.12 Å². The van der Waals surface area contributed by atoms with Gasteiger partial charge in [-0.3, -0.25) is 4.98 Å². The maximum atomic E-state index is 9.11. The van der Waals surface area contributed by atoms with Crippen LogP contribution in [0.2, 0.25) is 0 Å². The van der Waals surface area contributed by atoms with Crippen LogP contribution in [0.25, 0.3) is 0 Å². The van der Waals surface area contributed by atoms with Crippen molar-refractivity contribution < 1.29 is 10.0 Å². The maximum absolute atomic E-state index is 9.11. The lowest BCUT2D eigenvalue weighted by molar-refractivity contribution is 0.425. The highest BCUT2D eigenvalue weighted by atomic mass is 16.4. The third-order valence-corrected chi connectivity index (χ3v) is 2.32. The van der Waals surface area contributed by atoms with Crippen LogP contribution in [0.3, 0.4) is 0 Å². The van der Waals surface area contributed by atoms with E-state index in [1.165, 1.54) is 12.3 Å². The van der Waals surface area contributed by atoms with Gasteiger partial charge in [-0.2, -0.15) is 5.26 Å². The van der Waals surface area contributed by atoms with E-state index in [0.29, 0.717) is 16.9 Å². The second-order valence-electron chi connectivity index (χ2n) is 3.46. The van der Waals surface area contributed by atoms with Gasteiger partial charge in [-0.05, 0) is 18.9 Å². The molecule has 1 heterocycles. The zero-order chi connectivity index (χ0) is 10.1. The maximum Gasteiger partial charge on any atom is 0.490 e. The van der Waals surface area contributed by atoms with Crippen molar-refractivity contribution in [2.75, 3.05) is 0 Å². The van der Waals surface area contributed by atoms with Crippen LogP contribution >= 0.6 is 0 Å². The smallest absolute Gasteiger partial charge is 0.423 e. The summed E-state index contributed by atoms with van der Waals surface area (Å²) in [6.45, 7) is 0. The van der Waals surface area contributed by atoms with Gasteiger partial charge in [0.15, 0.2) is 0 Å². The van der Waals surface area contributed by atoms with E-state index in [1.54, 1.807) is 0 Å². The normalized spacial score (nSPS) is 14.9. The number of nitrogens with zero attached hydrogens (tertiary/aromatic N) is 2. The first-order valence-corrected chi connectivity index (χ1v) is 4.48. The van der Waals surface area contributed by atoms with Gasteiger partial charge < -0.3 is 10.0 Å². The van der Waals surface area contributed by atoms with E-state index in [9.17, 15) is 0 Å². The molecular weight excluding hydrogens is 179 g/mol. The zero-order valence-corrected chi connectivity index (χ0v) is 7.51. The minimum Gasteiger partial charge on any atom is -0.423 e. The van der Waals surface area contributed by atoms with Crippen LogP contribution in [-0.4, -0.2) is 22.2 Å². The summed E-state index contributed by atoms with van der Waals surface area (Å²) in [4.78, 5) is 4.09. The van der Waals surface area contributed by atoms with Crippen molar-refractivity contribution in [3.05, 3.63) is 23.5 Å². The molecule has 1 aliphatic rings. The van der Waals surface area contributed by atoms with Crippen LogP contribution in [0.5, 0.6) is 0 Å². The Hall–Kier alpha value is -1.38. The van der Waals surface area contributed by atoms with Gasteiger partial charge in [0.1, 0.15) is 6.07 Å². The first-order valence-electron chi connectivity index (χ1n) is 4.48. The summed E-state index contributed by atoms with van der Waals surface area (Å²) in [6, 6.07) is 3.42. The number of hydrogen-bond acceptors (Lipinski definition) is 4. The minimum absolute atomic E-state index is 0.347. The summed E-state index contributed by atoms with van der Waals surface area (Å²) in [5.41, 5.74) is 1.45. The number of aromatic nitrogens is 1. The van der Waals surface area contributed by atoms with Gasteiger partial charge in [0.2, 0.25) is 0 Å². The van der Waals surface area contributed by atoms with Crippen LogP contribution in [0.4, 0.5) is 0 Å². The molecule has 1 aromatic heterocycles. The van der Waals surface area contributed by atoms with Gasteiger partial charge in [-0.15, -0.1) is 0 Å². The molecule has 0 aliphatic heterocycles. The van der Waals surface area contributed by atoms with Crippen molar-refractivity contribution in [3.63, 3.8) is 0 Å². The molecule has 1 fully saturated rings. The van der Waals surface area contributed by atoms with E-state index in [-0.39, 0.29) is 0 Å². The van der Waals surface area contributed by atoms with Gasteiger partial charge in [0.25, 0.3) is 0 Å². The molecule has 0 amide bonds. The van der Waals surface area contributed by atoms with Crippen molar-refractivity contribution in [2.45, 2.75) is 18.8 Å². The Balaban J connectivity index is 2.44. The average Bonchev–Trinajstić information content (AvgIpc) is 3.00. The first kappa shape index (κ1) is 9.19. The molecule has 0 spiro atoms. The van der Waals surface area contributed by atoms with E-state index < -0.39 is 7.12 Å². The number of hydrogen-bond donors (Lipinski definition) is 2. The predicted octanol–water partition coefficient (Wildman–Crippen LogP) is -0.490. The van der Waals surface area contributed by atoms with E-state index in [4.69, 9.17) is 15.3 Å². The van der Waals surface area contributed by atoms with E-state index in [1.807, 2.05) is 6.07 Å². The lowest BCUT2D eigenvalue weighted by atomic mass is 9.77. The summed E-state index contributed by atoms with van der Waals surface area (Å²) in [7, 11) is -1.54. The minimum atomic E-state index is -1.54. The molecule has 5 heteroatoms. The fraction of sp³-hybridized carbons (Fsp3) is 0.333. The van der Waals surface area contributed by atoms with Crippen LogP contribution < -0.4 is 5.46 Å². The Morgan fingerprint density at radius 1 is 1.50 bits per heavy atom. The largest absolute Gasteiger partial charge is 0.490 e. The van der Waals surface area contributed by atoms with Gasteiger partial charge in [-0.1, -0.05) is 0 Å². The lowest BCUT2D eigenvalue weighted by Crippen LogP contribution is -2.34. The Morgan fingerprint density at radius 2 is 2.21 bits per heavy atom. The summed E-state index contributed by atoms with van der Waals surface area (Å²) in [5.74, 6) is 0.347.